The highest BCUT2D eigenvalue weighted by molar-refractivity contribution is 6.27. The Morgan fingerprint density at radius 1 is 0.963 bits per heavy atom. The first-order chi connectivity index (χ1) is 13.1. The first kappa shape index (κ1) is 15.6. The van der Waals surface area contributed by atoms with Gasteiger partial charge in [-0.05, 0) is 24.1 Å². The molecule has 1 spiro atoms. The molecular formula is C20H16N4O3. The first-order valence-corrected chi connectivity index (χ1v) is 8.71. The largest absolute Gasteiger partial charge is 0.361 e. The Hall–Kier alpha value is -3.61. The highest BCUT2D eigenvalue weighted by Gasteiger charge is 2.60. The SMILES string of the molecule is O=C1NC(=O)C2(N1)C(=O)N(CCc1c[nH]c3ccccc13)c1ccccc12. The van der Waals surface area contributed by atoms with E-state index in [1.54, 1.807) is 23.1 Å². The van der Waals surface area contributed by atoms with Crippen LogP contribution in [0.4, 0.5) is 10.5 Å². The summed E-state index contributed by atoms with van der Waals surface area (Å²) < 4.78 is 0. The molecule has 2 aromatic carbocycles. The standard InChI is InChI=1S/C20H16N4O3/c25-17-20(23-19(27)22-17)14-6-2-4-8-16(14)24(18(20)26)10-9-12-11-21-15-7-3-1-5-13(12)15/h1-8,11,21H,9-10H2,(H2,22,23,25,27). The minimum Gasteiger partial charge on any atom is -0.361 e. The smallest absolute Gasteiger partial charge is 0.323 e. The molecule has 0 bridgehead atoms. The molecule has 3 N–H and O–H groups in total. The van der Waals surface area contributed by atoms with Crippen LogP contribution in [0.1, 0.15) is 11.1 Å². The maximum Gasteiger partial charge on any atom is 0.323 e. The lowest BCUT2D eigenvalue weighted by molar-refractivity contribution is -0.133. The van der Waals surface area contributed by atoms with Gasteiger partial charge in [0, 0.05) is 29.2 Å². The van der Waals surface area contributed by atoms with Crippen molar-refractivity contribution < 1.29 is 14.4 Å². The number of nitrogens with zero attached hydrogens (tertiary/aromatic N) is 1. The predicted octanol–water partition coefficient (Wildman–Crippen LogP) is 1.79. The molecule has 2 aliphatic heterocycles. The van der Waals surface area contributed by atoms with Crippen LogP contribution < -0.4 is 15.5 Å². The third-order valence-electron chi connectivity index (χ3n) is 5.31. The second-order valence-electron chi connectivity index (χ2n) is 6.74. The molecule has 1 fully saturated rings. The lowest BCUT2D eigenvalue weighted by Crippen LogP contribution is -2.52. The van der Waals surface area contributed by atoms with E-state index in [0.717, 1.165) is 16.5 Å². The van der Waals surface area contributed by atoms with E-state index in [-0.39, 0.29) is 0 Å². The number of amides is 4. The molecule has 5 rings (SSSR count). The van der Waals surface area contributed by atoms with Crippen molar-refractivity contribution in [3.63, 3.8) is 0 Å². The Morgan fingerprint density at radius 3 is 2.56 bits per heavy atom. The molecule has 1 atom stereocenters. The van der Waals surface area contributed by atoms with Gasteiger partial charge >= 0.3 is 6.03 Å². The number of para-hydroxylation sites is 2. The number of benzene rings is 2. The molecular weight excluding hydrogens is 344 g/mol. The molecule has 3 heterocycles. The normalized spacial score (nSPS) is 21.0. The van der Waals surface area contributed by atoms with Crippen LogP contribution >= 0.6 is 0 Å². The number of rotatable bonds is 3. The van der Waals surface area contributed by atoms with Gasteiger partial charge in [-0.25, -0.2) is 4.79 Å². The average molecular weight is 360 g/mol. The van der Waals surface area contributed by atoms with E-state index in [9.17, 15) is 14.4 Å². The Morgan fingerprint density at radius 2 is 1.74 bits per heavy atom. The number of anilines is 1. The minimum atomic E-state index is -1.66. The van der Waals surface area contributed by atoms with Gasteiger partial charge in [0.1, 0.15) is 0 Å². The summed E-state index contributed by atoms with van der Waals surface area (Å²) in [4.78, 5) is 42.3. The molecule has 7 heteroatoms. The van der Waals surface area contributed by atoms with Crippen LogP contribution in [0, 0.1) is 0 Å². The van der Waals surface area contributed by atoms with Gasteiger partial charge < -0.3 is 15.2 Å². The summed E-state index contributed by atoms with van der Waals surface area (Å²) in [6.07, 6.45) is 2.56. The second-order valence-corrected chi connectivity index (χ2v) is 6.74. The summed E-state index contributed by atoms with van der Waals surface area (Å²) >= 11 is 0. The van der Waals surface area contributed by atoms with Crippen molar-refractivity contribution in [2.45, 2.75) is 12.0 Å². The maximum absolute atomic E-state index is 13.2. The van der Waals surface area contributed by atoms with Gasteiger partial charge in [-0.1, -0.05) is 36.4 Å². The number of hydrogen-bond donors (Lipinski definition) is 3. The van der Waals surface area contributed by atoms with E-state index in [1.807, 2.05) is 36.5 Å². The van der Waals surface area contributed by atoms with Gasteiger partial charge in [-0.2, -0.15) is 0 Å². The molecule has 0 radical (unpaired) electrons. The zero-order chi connectivity index (χ0) is 18.6. The number of hydrogen-bond acceptors (Lipinski definition) is 3. The van der Waals surface area contributed by atoms with Crippen molar-refractivity contribution in [1.82, 2.24) is 15.6 Å². The molecule has 3 aromatic rings. The van der Waals surface area contributed by atoms with Crippen LogP contribution in [0.15, 0.2) is 54.7 Å². The van der Waals surface area contributed by atoms with Gasteiger partial charge in [-0.15, -0.1) is 0 Å². The van der Waals surface area contributed by atoms with Gasteiger partial charge in [-0.3, -0.25) is 14.9 Å². The van der Waals surface area contributed by atoms with Crippen molar-refractivity contribution in [3.05, 3.63) is 65.9 Å². The van der Waals surface area contributed by atoms with E-state index in [2.05, 4.69) is 15.6 Å². The van der Waals surface area contributed by atoms with Crippen LogP contribution in [-0.4, -0.2) is 29.4 Å². The van der Waals surface area contributed by atoms with Crippen molar-refractivity contribution in [3.8, 4) is 0 Å². The third kappa shape index (κ3) is 2.05. The fraction of sp³-hybridized carbons (Fsp3) is 0.150. The number of aromatic amines is 1. The van der Waals surface area contributed by atoms with Crippen LogP contribution in [-0.2, 0) is 21.5 Å². The summed E-state index contributed by atoms with van der Waals surface area (Å²) in [6, 6.07) is 14.4. The van der Waals surface area contributed by atoms with Crippen LogP contribution in [0.2, 0.25) is 0 Å². The molecule has 134 valence electrons. The summed E-state index contributed by atoms with van der Waals surface area (Å²) in [5, 5.41) is 5.84. The Labute approximate surface area is 154 Å². The highest BCUT2D eigenvalue weighted by atomic mass is 16.2. The molecule has 0 aliphatic carbocycles. The van der Waals surface area contributed by atoms with Crippen LogP contribution in [0.25, 0.3) is 10.9 Å². The van der Waals surface area contributed by atoms with Crippen LogP contribution in [0.3, 0.4) is 0 Å². The average Bonchev–Trinajstić information content (AvgIpc) is 3.29. The molecule has 4 amide bonds. The summed E-state index contributed by atoms with van der Waals surface area (Å²) in [6.45, 7) is 0.405. The number of imide groups is 1. The molecule has 0 saturated carbocycles. The monoisotopic (exact) mass is 360 g/mol. The summed E-state index contributed by atoms with van der Waals surface area (Å²) in [7, 11) is 0. The quantitative estimate of drug-likeness (QED) is 0.491. The molecule has 1 unspecified atom stereocenters. The fourth-order valence-electron chi connectivity index (χ4n) is 4.04. The van der Waals surface area contributed by atoms with E-state index < -0.39 is 23.4 Å². The van der Waals surface area contributed by atoms with Crippen molar-refractivity contribution in [1.29, 1.82) is 0 Å². The maximum atomic E-state index is 13.2. The number of carbonyl (C=O) groups is 3. The number of aromatic nitrogens is 1. The van der Waals surface area contributed by atoms with Crippen molar-refractivity contribution in [2.24, 2.45) is 0 Å². The highest BCUT2D eigenvalue weighted by Crippen LogP contribution is 2.42. The number of urea groups is 1. The lowest BCUT2D eigenvalue weighted by Gasteiger charge is -2.21. The first-order valence-electron chi connectivity index (χ1n) is 8.71. The van der Waals surface area contributed by atoms with Gasteiger partial charge in [0.05, 0.1) is 5.69 Å². The zero-order valence-electron chi connectivity index (χ0n) is 14.3. The van der Waals surface area contributed by atoms with E-state index >= 15 is 0 Å². The van der Waals surface area contributed by atoms with Gasteiger partial charge in [0.15, 0.2) is 0 Å². The Bertz CT molecular complexity index is 1120. The summed E-state index contributed by atoms with van der Waals surface area (Å²) in [5.74, 6) is -1.05. The lowest BCUT2D eigenvalue weighted by atomic mass is 9.92. The molecule has 7 nitrogen and oxygen atoms in total. The molecule has 1 saturated heterocycles. The third-order valence-corrected chi connectivity index (χ3v) is 5.31. The topological polar surface area (TPSA) is 94.3 Å². The Balaban J connectivity index is 1.51. The van der Waals surface area contributed by atoms with Crippen molar-refractivity contribution >= 4 is 34.4 Å². The Kier molecular flexibility index (Phi) is 3.15. The molecule has 1 aromatic heterocycles. The fourth-order valence-corrected chi connectivity index (χ4v) is 4.04. The van der Waals surface area contributed by atoms with E-state index in [0.29, 0.717) is 24.2 Å². The number of nitrogens with one attached hydrogen (secondary N) is 3. The van der Waals surface area contributed by atoms with E-state index in [4.69, 9.17) is 0 Å². The molecule has 27 heavy (non-hydrogen) atoms. The second kappa shape index (κ2) is 5.44. The number of H-pyrrole nitrogens is 1. The van der Waals surface area contributed by atoms with Crippen molar-refractivity contribution in [2.75, 3.05) is 11.4 Å². The van der Waals surface area contributed by atoms with E-state index in [1.165, 1.54) is 0 Å². The zero-order valence-corrected chi connectivity index (χ0v) is 14.3. The van der Waals surface area contributed by atoms with Crippen LogP contribution in [0.5, 0.6) is 0 Å². The summed E-state index contributed by atoms with van der Waals surface area (Å²) in [5.41, 5.74) is 1.64. The van der Waals surface area contributed by atoms with Gasteiger partial charge in [0.25, 0.3) is 11.8 Å². The minimum absolute atomic E-state index is 0.405. The number of fused-ring (bicyclic) bond motifs is 3. The number of carbonyl (C=O) groups excluding carboxylic acids is 3. The molecule has 2 aliphatic rings. The van der Waals surface area contributed by atoms with Gasteiger partial charge in [0.2, 0.25) is 5.54 Å². The predicted molar refractivity (Wildman–Crippen MR) is 99.2 cm³/mol.